The van der Waals surface area contributed by atoms with Crippen molar-refractivity contribution in [2.75, 3.05) is 32.1 Å². The highest BCUT2D eigenvalue weighted by atomic mass is 35.5. The molecule has 0 aromatic carbocycles. The van der Waals surface area contributed by atoms with Gasteiger partial charge in [-0.05, 0) is 27.9 Å². The highest BCUT2D eigenvalue weighted by Gasteiger charge is 2.15. The standard InChI is InChI=1S/C11H19ClN4/c1-5-16(9(2)8-15(3)4)11-7-13-6-10(12)14-11/h6-7,9H,5,8H2,1-4H3. The lowest BCUT2D eigenvalue weighted by Crippen LogP contribution is -2.40. The zero-order valence-electron chi connectivity index (χ0n) is 10.3. The van der Waals surface area contributed by atoms with Gasteiger partial charge in [0.05, 0.1) is 12.4 Å². The third-order valence-electron chi connectivity index (χ3n) is 2.39. The summed E-state index contributed by atoms with van der Waals surface area (Å²) in [7, 11) is 4.13. The van der Waals surface area contributed by atoms with E-state index in [9.17, 15) is 0 Å². The molecule has 0 aliphatic carbocycles. The van der Waals surface area contributed by atoms with Crippen molar-refractivity contribution in [2.45, 2.75) is 19.9 Å². The third kappa shape index (κ3) is 3.61. The molecular formula is C11H19ClN4. The molecule has 4 nitrogen and oxygen atoms in total. The van der Waals surface area contributed by atoms with Crippen LogP contribution >= 0.6 is 11.6 Å². The van der Waals surface area contributed by atoms with Crippen LogP contribution in [0, 0.1) is 0 Å². The van der Waals surface area contributed by atoms with Gasteiger partial charge in [-0.1, -0.05) is 11.6 Å². The molecule has 1 unspecified atom stereocenters. The van der Waals surface area contributed by atoms with Gasteiger partial charge in [-0.2, -0.15) is 0 Å². The molecule has 0 saturated carbocycles. The minimum atomic E-state index is 0.382. The molecule has 0 amide bonds. The van der Waals surface area contributed by atoms with Crippen LogP contribution in [0.15, 0.2) is 12.4 Å². The molecule has 1 rings (SSSR count). The fourth-order valence-electron chi connectivity index (χ4n) is 1.80. The van der Waals surface area contributed by atoms with Crippen molar-refractivity contribution in [3.05, 3.63) is 17.5 Å². The minimum Gasteiger partial charge on any atom is -0.352 e. The van der Waals surface area contributed by atoms with Crippen molar-refractivity contribution in [3.63, 3.8) is 0 Å². The number of hydrogen-bond acceptors (Lipinski definition) is 4. The van der Waals surface area contributed by atoms with Crippen LogP contribution in [0.2, 0.25) is 5.15 Å². The number of anilines is 1. The molecule has 90 valence electrons. The Balaban J connectivity index is 2.81. The van der Waals surface area contributed by atoms with E-state index in [1.165, 1.54) is 0 Å². The zero-order chi connectivity index (χ0) is 12.1. The van der Waals surface area contributed by atoms with Gasteiger partial charge in [0.15, 0.2) is 0 Å². The summed E-state index contributed by atoms with van der Waals surface area (Å²) in [5, 5.41) is 0.438. The monoisotopic (exact) mass is 242 g/mol. The van der Waals surface area contributed by atoms with Gasteiger partial charge in [-0.3, -0.25) is 4.98 Å². The van der Waals surface area contributed by atoms with Crippen LogP contribution in [-0.4, -0.2) is 48.1 Å². The predicted octanol–water partition coefficient (Wildman–Crippen LogP) is 1.91. The average Bonchev–Trinajstić information content (AvgIpc) is 2.17. The van der Waals surface area contributed by atoms with Crippen molar-refractivity contribution in [3.8, 4) is 0 Å². The number of nitrogens with zero attached hydrogens (tertiary/aromatic N) is 4. The van der Waals surface area contributed by atoms with Gasteiger partial charge in [0.1, 0.15) is 11.0 Å². The van der Waals surface area contributed by atoms with Crippen LogP contribution < -0.4 is 4.90 Å². The first-order chi connectivity index (χ1) is 7.54. The number of likely N-dealkylation sites (N-methyl/N-ethyl adjacent to an activating group) is 2. The zero-order valence-corrected chi connectivity index (χ0v) is 11.1. The molecule has 0 N–H and O–H groups in total. The van der Waals surface area contributed by atoms with E-state index < -0.39 is 0 Å². The number of aromatic nitrogens is 2. The van der Waals surface area contributed by atoms with E-state index in [2.05, 4.69) is 47.7 Å². The van der Waals surface area contributed by atoms with Crippen molar-refractivity contribution < 1.29 is 0 Å². The Bertz CT molecular complexity index is 330. The topological polar surface area (TPSA) is 32.3 Å². The normalized spacial score (nSPS) is 12.9. The summed E-state index contributed by atoms with van der Waals surface area (Å²) in [5.74, 6) is 0.837. The number of hydrogen-bond donors (Lipinski definition) is 0. The van der Waals surface area contributed by atoms with Crippen LogP contribution in [0.1, 0.15) is 13.8 Å². The van der Waals surface area contributed by atoms with E-state index >= 15 is 0 Å². The Hall–Kier alpha value is -0.870. The van der Waals surface area contributed by atoms with Crippen molar-refractivity contribution in [1.82, 2.24) is 14.9 Å². The summed E-state index contributed by atoms with van der Waals surface area (Å²) in [4.78, 5) is 12.7. The summed E-state index contributed by atoms with van der Waals surface area (Å²) >= 11 is 5.85. The Morgan fingerprint density at radius 1 is 1.38 bits per heavy atom. The van der Waals surface area contributed by atoms with Crippen LogP contribution in [-0.2, 0) is 0 Å². The molecule has 1 atom stereocenters. The Kier molecular flexibility index (Phi) is 4.96. The third-order valence-corrected chi connectivity index (χ3v) is 2.57. The van der Waals surface area contributed by atoms with Crippen LogP contribution in [0.4, 0.5) is 5.82 Å². The van der Waals surface area contributed by atoms with Crippen molar-refractivity contribution in [1.29, 1.82) is 0 Å². The quantitative estimate of drug-likeness (QED) is 0.790. The maximum absolute atomic E-state index is 5.85. The summed E-state index contributed by atoms with van der Waals surface area (Å²) in [6.45, 7) is 6.15. The second kappa shape index (κ2) is 6.01. The summed E-state index contributed by atoms with van der Waals surface area (Å²) in [6, 6.07) is 0.382. The molecule has 0 radical (unpaired) electrons. The van der Waals surface area contributed by atoms with Crippen molar-refractivity contribution in [2.24, 2.45) is 0 Å². The molecule has 0 spiro atoms. The molecule has 5 heteroatoms. The smallest absolute Gasteiger partial charge is 0.149 e. The van der Waals surface area contributed by atoms with Crippen LogP contribution in [0.25, 0.3) is 0 Å². The Morgan fingerprint density at radius 3 is 2.56 bits per heavy atom. The predicted molar refractivity (Wildman–Crippen MR) is 68.1 cm³/mol. The van der Waals surface area contributed by atoms with Gasteiger partial charge in [0.25, 0.3) is 0 Å². The van der Waals surface area contributed by atoms with E-state index in [1.807, 2.05) is 0 Å². The molecule has 1 heterocycles. The largest absolute Gasteiger partial charge is 0.352 e. The Morgan fingerprint density at radius 2 is 2.06 bits per heavy atom. The van der Waals surface area contributed by atoms with Gasteiger partial charge in [0, 0.05) is 19.1 Å². The highest BCUT2D eigenvalue weighted by molar-refractivity contribution is 6.29. The lowest BCUT2D eigenvalue weighted by molar-refractivity contribution is 0.372. The van der Waals surface area contributed by atoms with Gasteiger partial charge in [-0.25, -0.2) is 4.98 Å². The molecule has 1 aromatic heterocycles. The van der Waals surface area contributed by atoms with Crippen LogP contribution in [0.3, 0.4) is 0 Å². The molecule has 0 saturated heterocycles. The SMILES string of the molecule is CCN(c1cncc(Cl)n1)C(C)CN(C)C. The Labute approximate surface area is 102 Å². The van der Waals surface area contributed by atoms with Gasteiger partial charge >= 0.3 is 0 Å². The first-order valence-corrected chi connectivity index (χ1v) is 5.81. The first kappa shape index (κ1) is 13.2. The minimum absolute atomic E-state index is 0.382. The molecular weight excluding hydrogens is 224 g/mol. The van der Waals surface area contributed by atoms with Crippen LogP contribution in [0.5, 0.6) is 0 Å². The molecule has 16 heavy (non-hydrogen) atoms. The lowest BCUT2D eigenvalue weighted by atomic mass is 10.2. The van der Waals surface area contributed by atoms with E-state index in [4.69, 9.17) is 11.6 Å². The number of rotatable bonds is 5. The average molecular weight is 243 g/mol. The maximum Gasteiger partial charge on any atom is 0.149 e. The molecule has 1 aromatic rings. The maximum atomic E-state index is 5.85. The van der Waals surface area contributed by atoms with E-state index in [0.717, 1.165) is 18.9 Å². The number of halogens is 1. The molecule has 0 fully saturated rings. The fraction of sp³-hybridized carbons (Fsp3) is 0.636. The second-order valence-corrected chi connectivity index (χ2v) is 4.48. The second-order valence-electron chi connectivity index (χ2n) is 4.10. The van der Waals surface area contributed by atoms with Gasteiger partial charge in [-0.15, -0.1) is 0 Å². The van der Waals surface area contributed by atoms with E-state index in [1.54, 1.807) is 12.4 Å². The van der Waals surface area contributed by atoms with E-state index in [-0.39, 0.29) is 0 Å². The molecule has 0 aliphatic rings. The summed E-state index contributed by atoms with van der Waals surface area (Å²) < 4.78 is 0. The molecule has 0 bridgehead atoms. The fourth-order valence-corrected chi connectivity index (χ4v) is 1.94. The molecule has 0 aliphatic heterocycles. The highest BCUT2D eigenvalue weighted by Crippen LogP contribution is 2.15. The van der Waals surface area contributed by atoms with E-state index in [0.29, 0.717) is 11.2 Å². The van der Waals surface area contributed by atoms with Crippen molar-refractivity contribution >= 4 is 17.4 Å². The first-order valence-electron chi connectivity index (χ1n) is 5.43. The summed E-state index contributed by atoms with van der Waals surface area (Å²) in [6.07, 6.45) is 3.30. The lowest BCUT2D eigenvalue weighted by Gasteiger charge is -2.30. The van der Waals surface area contributed by atoms with Gasteiger partial charge in [0.2, 0.25) is 0 Å². The van der Waals surface area contributed by atoms with Gasteiger partial charge < -0.3 is 9.80 Å². The summed E-state index contributed by atoms with van der Waals surface area (Å²) in [5.41, 5.74) is 0.